The second-order valence-corrected chi connectivity index (χ2v) is 3.65. The van der Waals surface area contributed by atoms with Crippen LogP contribution in [0.3, 0.4) is 0 Å². The molecule has 1 heterocycles. The first-order valence-corrected chi connectivity index (χ1v) is 5.78. The Bertz CT molecular complexity index is 618. The van der Waals surface area contributed by atoms with Crippen LogP contribution in [-0.2, 0) is 0 Å². The van der Waals surface area contributed by atoms with Crippen molar-refractivity contribution in [1.29, 1.82) is 5.26 Å². The van der Waals surface area contributed by atoms with Gasteiger partial charge in [-0.15, -0.1) is 4.99 Å². The smallest absolute Gasteiger partial charge is 0.310 e. The van der Waals surface area contributed by atoms with Crippen LogP contribution in [0.25, 0.3) is 0 Å². The summed E-state index contributed by atoms with van der Waals surface area (Å²) < 4.78 is 10.4. The minimum Gasteiger partial charge on any atom is -0.481 e. The normalized spacial score (nSPS) is 10.5. The molecule has 0 aliphatic heterocycles. The van der Waals surface area contributed by atoms with Gasteiger partial charge in [-0.2, -0.15) is 5.26 Å². The highest BCUT2D eigenvalue weighted by atomic mass is 16.5. The number of benzene rings is 1. The summed E-state index contributed by atoms with van der Waals surface area (Å²) in [6.45, 7) is 0. The molecule has 100 valence electrons. The summed E-state index contributed by atoms with van der Waals surface area (Å²) >= 11 is 0. The summed E-state index contributed by atoms with van der Waals surface area (Å²) in [7, 11) is 1.54. The van der Waals surface area contributed by atoms with Crippen molar-refractivity contribution < 1.29 is 9.47 Å². The first-order valence-electron chi connectivity index (χ1n) is 5.78. The molecular formula is C14H12N4O2. The quantitative estimate of drug-likeness (QED) is 0.525. The van der Waals surface area contributed by atoms with E-state index in [9.17, 15) is 0 Å². The summed E-state index contributed by atoms with van der Waals surface area (Å²) in [6.07, 6.45) is 3.24. The Labute approximate surface area is 116 Å². The predicted molar refractivity (Wildman–Crippen MR) is 74.5 cm³/mol. The number of nitriles is 1. The minimum absolute atomic E-state index is 0.0747. The molecule has 1 aromatic heterocycles. The first-order chi connectivity index (χ1) is 9.81. The van der Waals surface area contributed by atoms with Crippen molar-refractivity contribution in [3.8, 4) is 17.8 Å². The molecule has 0 saturated heterocycles. The van der Waals surface area contributed by atoms with Gasteiger partial charge in [0.25, 0.3) is 0 Å². The fourth-order valence-electron chi connectivity index (χ4n) is 1.42. The van der Waals surface area contributed by atoms with Gasteiger partial charge in [0.1, 0.15) is 5.75 Å². The van der Waals surface area contributed by atoms with Gasteiger partial charge in [-0.1, -0.05) is 18.2 Å². The SMILES string of the molecule is COc1ccc(N/C(=N/C#N)Oc2ccccc2)cn1. The van der Waals surface area contributed by atoms with Crippen LogP contribution in [0.5, 0.6) is 11.6 Å². The second kappa shape index (κ2) is 6.75. The van der Waals surface area contributed by atoms with Gasteiger partial charge in [-0.3, -0.25) is 0 Å². The number of hydrogen-bond donors (Lipinski definition) is 1. The molecule has 0 bridgehead atoms. The molecule has 6 heteroatoms. The predicted octanol–water partition coefficient (Wildman–Crippen LogP) is 2.42. The van der Waals surface area contributed by atoms with Crippen molar-refractivity contribution in [3.63, 3.8) is 0 Å². The van der Waals surface area contributed by atoms with Gasteiger partial charge < -0.3 is 14.8 Å². The zero-order chi connectivity index (χ0) is 14.2. The average Bonchev–Trinajstić information content (AvgIpc) is 2.49. The molecule has 1 N–H and O–H groups in total. The summed E-state index contributed by atoms with van der Waals surface area (Å²) in [5, 5.41) is 11.5. The zero-order valence-electron chi connectivity index (χ0n) is 10.8. The number of pyridine rings is 1. The maximum Gasteiger partial charge on any atom is 0.310 e. The number of para-hydroxylation sites is 1. The van der Waals surface area contributed by atoms with Gasteiger partial charge in [0.15, 0.2) is 0 Å². The molecule has 0 aliphatic carbocycles. The number of nitrogens with zero attached hydrogens (tertiary/aromatic N) is 3. The van der Waals surface area contributed by atoms with Crippen LogP contribution in [0.2, 0.25) is 0 Å². The molecule has 2 rings (SSSR count). The fraction of sp³-hybridized carbons (Fsp3) is 0.0714. The molecule has 0 atom stereocenters. The highest BCUT2D eigenvalue weighted by molar-refractivity contribution is 5.91. The fourth-order valence-corrected chi connectivity index (χ4v) is 1.42. The van der Waals surface area contributed by atoms with Crippen LogP contribution >= 0.6 is 0 Å². The maximum atomic E-state index is 8.68. The highest BCUT2D eigenvalue weighted by Gasteiger charge is 2.04. The molecule has 0 spiro atoms. The molecule has 20 heavy (non-hydrogen) atoms. The molecule has 6 nitrogen and oxygen atoms in total. The zero-order valence-corrected chi connectivity index (χ0v) is 10.8. The van der Waals surface area contributed by atoms with Crippen LogP contribution < -0.4 is 14.8 Å². The lowest BCUT2D eigenvalue weighted by molar-refractivity contribution is 0.398. The topological polar surface area (TPSA) is 79.5 Å². The van der Waals surface area contributed by atoms with Crippen molar-refractivity contribution in [1.82, 2.24) is 4.98 Å². The number of aliphatic imine (C=N–C) groups is 1. The van der Waals surface area contributed by atoms with Crippen molar-refractivity contribution in [2.45, 2.75) is 0 Å². The van der Waals surface area contributed by atoms with Crippen LogP contribution in [-0.4, -0.2) is 18.1 Å². The van der Waals surface area contributed by atoms with E-state index in [1.165, 1.54) is 7.11 Å². The second-order valence-electron chi connectivity index (χ2n) is 3.65. The van der Waals surface area contributed by atoms with Gasteiger partial charge in [0.05, 0.1) is 19.0 Å². The average molecular weight is 268 g/mol. The number of anilines is 1. The Kier molecular flexibility index (Phi) is 4.51. The largest absolute Gasteiger partial charge is 0.481 e. The molecule has 0 saturated carbocycles. The third kappa shape index (κ3) is 3.71. The number of aromatic nitrogens is 1. The molecule has 0 amide bonds. The van der Waals surface area contributed by atoms with Crippen molar-refractivity contribution in [2.24, 2.45) is 4.99 Å². The lowest BCUT2D eigenvalue weighted by Crippen LogP contribution is -2.19. The monoisotopic (exact) mass is 268 g/mol. The molecule has 0 unspecified atom stereocenters. The number of rotatable bonds is 3. The van der Waals surface area contributed by atoms with E-state index in [2.05, 4.69) is 15.3 Å². The van der Waals surface area contributed by atoms with E-state index in [1.54, 1.807) is 36.7 Å². The molecule has 1 aromatic carbocycles. The van der Waals surface area contributed by atoms with Gasteiger partial charge in [0, 0.05) is 6.07 Å². The summed E-state index contributed by atoms with van der Waals surface area (Å²) in [5.41, 5.74) is 0.635. The third-order valence-corrected chi connectivity index (χ3v) is 2.31. The minimum atomic E-state index is 0.0747. The van der Waals surface area contributed by atoms with E-state index in [0.717, 1.165) is 0 Å². The standard InChI is InChI=1S/C14H12N4O2/c1-19-13-8-7-11(9-16-13)18-14(17-10-15)20-12-5-3-2-4-6-12/h2-9H,1H3,(H,17,18). The summed E-state index contributed by atoms with van der Waals surface area (Å²) in [6, 6.07) is 12.6. The Morgan fingerprint density at radius 3 is 2.65 bits per heavy atom. The highest BCUT2D eigenvalue weighted by Crippen LogP contribution is 2.13. The van der Waals surface area contributed by atoms with Gasteiger partial charge in [-0.05, 0) is 18.2 Å². The van der Waals surface area contributed by atoms with Crippen molar-refractivity contribution in [2.75, 3.05) is 12.4 Å². The van der Waals surface area contributed by atoms with Gasteiger partial charge in [0.2, 0.25) is 12.1 Å². The van der Waals surface area contributed by atoms with E-state index >= 15 is 0 Å². The lowest BCUT2D eigenvalue weighted by Gasteiger charge is -2.09. The van der Waals surface area contributed by atoms with E-state index in [1.807, 2.05) is 18.2 Å². The number of amidine groups is 1. The van der Waals surface area contributed by atoms with Crippen LogP contribution in [0.4, 0.5) is 5.69 Å². The van der Waals surface area contributed by atoms with Crippen molar-refractivity contribution >= 4 is 11.7 Å². The van der Waals surface area contributed by atoms with E-state index in [4.69, 9.17) is 14.7 Å². The van der Waals surface area contributed by atoms with Crippen LogP contribution in [0.15, 0.2) is 53.7 Å². The Hall–Kier alpha value is -3.07. The van der Waals surface area contributed by atoms with Gasteiger partial charge >= 0.3 is 6.02 Å². The van der Waals surface area contributed by atoms with E-state index in [0.29, 0.717) is 17.3 Å². The van der Waals surface area contributed by atoms with E-state index in [-0.39, 0.29) is 6.02 Å². The maximum absolute atomic E-state index is 8.68. The Morgan fingerprint density at radius 2 is 2.05 bits per heavy atom. The van der Waals surface area contributed by atoms with Crippen LogP contribution in [0.1, 0.15) is 0 Å². The Morgan fingerprint density at radius 1 is 1.25 bits per heavy atom. The third-order valence-electron chi connectivity index (χ3n) is 2.31. The number of nitrogens with one attached hydrogen (secondary N) is 1. The first kappa shape index (κ1) is 13.4. The van der Waals surface area contributed by atoms with Crippen LogP contribution in [0, 0.1) is 11.5 Å². The lowest BCUT2D eigenvalue weighted by atomic mass is 10.3. The molecule has 0 fully saturated rings. The summed E-state index contributed by atoms with van der Waals surface area (Å²) in [5.74, 6) is 1.08. The van der Waals surface area contributed by atoms with E-state index < -0.39 is 0 Å². The molecule has 0 aliphatic rings. The number of hydrogen-bond acceptors (Lipinski definition) is 5. The molecule has 0 radical (unpaired) electrons. The van der Waals surface area contributed by atoms with Gasteiger partial charge in [-0.25, -0.2) is 4.98 Å². The summed E-state index contributed by atoms with van der Waals surface area (Å²) in [4.78, 5) is 7.63. The number of methoxy groups -OCH3 is 1. The number of ether oxygens (including phenoxy) is 2. The molecule has 2 aromatic rings. The molecular weight excluding hydrogens is 256 g/mol. The van der Waals surface area contributed by atoms with Crippen molar-refractivity contribution in [3.05, 3.63) is 48.7 Å². The Balaban J connectivity index is 2.10.